The minimum Gasteiger partial charge on any atom is -0.480 e. The number of aliphatic carboxylic acids is 1. The third kappa shape index (κ3) is 5.34. The quantitative estimate of drug-likeness (QED) is 0.600. The minimum absolute atomic E-state index is 0.104. The highest BCUT2D eigenvalue weighted by atomic mass is 16.5. The van der Waals surface area contributed by atoms with Gasteiger partial charge < -0.3 is 25.0 Å². The molecule has 0 aromatic carbocycles. The minimum atomic E-state index is -1.16. The Bertz CT molecular complexity index is 433. The lowest BCUT2D eigenvalue weighted by Crippen LogP contribution is -2.48. The number of nitrogens with zero attached hydrogens (tertiary/aromatic N) is 2. The standard InChI is InChI=1S/C10H16N4O5/c1-6-12-8(14-19-6)3-4-11-10(17)13-7(5-18-2)9(15)16/h7H,3-5H2,1-2H3,(H,15,16)(H2,11,13,17). The van der Waals surface area contributed by atoms with E-state index >= 15 is 0 Å². The van der Waals surface area contributed by atoms with Crippen molar-refractivity contribution in [3.63, 3.8) is 0 Å². The van der Waals surface area contributed by atoms with Crippen molar-refractivity contribution in [2.45, 2.75) is 19.4 Å². The van der Waals surface area contributed by atoms with Crippen LogP contribution in [0.5, 0.6) is 0 Å². The van der Waals surface area contributed by atoms with E-state index in [4.69, 9.17) is 9.63 Å². The molecule has 19 heavy (non-hydrogen) atoms. The number of hydrogen-bond acceptors (Lipinski definition) is 6. The van der Waals surface area contributed by atoms with Gasteiger partial charge in [0.2, 0.25) is 5.89 Å². The summed E-state index contributed by atoms with van der Waals surface area (Å²) in [6.45, 7) is 1.83. The Hall–Kier alpha value is -2.16. The first-order valence-electron chi connectivity index (χ1n) is 5.58. The molecule has 0 fully saturated rings. The number of methoxy groups -OCH3 is 1. The van der Waals surface area contributed by atoms with Gasteiger partial charge in [0.25, 0.3) is 0 Å². The number of ether oxygens (including phenoxy) is 1. The van der Waals surface area contributed by atoms with Crippen LogP contribution in [0.15, 0.2) is 4.52 Å². The van der Waals surface area contributed by atoms with Gasteiger partial charge in [0.15, 0.2) is 11.9 Å². The van der Waals surface area contributed by atoms with Crippen molar-refractivity contribution in [1.82, 2.24) is 20.8 Å². The molecule has 1 rings (SSSR count). The largest absolute Gasteiger partial charge is 0.480 e. The summed E-state index contributed by atoms with van der Waals surface area (Å²) in [5.41, 5.74) is 0. The van der Waals surface area contributed by atoms with Crippen molar-refractivity contribution in [3.05, 3.63) is 11.7 Å². The van der Waals surface area contributed by atoms with E-state index in [9.17, 15) is 9.59 Å². The Morgan fingerprint density at radius 1 is 1.53 bits per heavy atom. The van der Waals surface area contributed by atoms with Gasteiger partial charge in [-0.25, -0.2) is 9.59 Å². The molecule has 0 aliphatic heterocycles. The lowest BCUT2D eigenvalue weighted by molar-refractivity contribution is -0.140. The number of nitrogens with one attached hydrogen (secondary N) is 2. The van der Waals surface area contributed by atoms with Crippen molar-refractivity contribution < 1.29 is 24.0 Å². The summed E-state index contributed by atoms with van der Waals surface area (Å²) in [5.74, 6) is -0.235. The van der Waals surface area contributed by atoms with Gasteiger partial charge in [-0.1, -0.05) is 5.16 Å². The predicted molar refractivity (Wildman–Crippen MR) is 62.6 cm³/mol. The average Bonchev–Trinajstić information content (AvgIpc) is 2.74. The first-order valence-corrected chi connectivity index (χ1v) is 5.58. The highest BCUT2D eigenvalue weighted by Gasteiger charge is 2.19. The van der Waals surface area contributed by atoms with E-state index in [1.165, 1.54) is 7.11 Å². The topological polar surface area (TPSA) is 127 Å². The number of aryl methyl sites for hydroxylation is 1. The van der Waals surface area contributed by atoms with Crippen molar-refractivity contribution in [2.75, 3.05) is 20.3 Å². The number of amides is 2. The SMILES string of the molecule is COCC(NC(=O)NCCc1noc(C)n1)C(=O)O. The van der Waals surface area contributed by atoms with Gasteiger partial charge >= 0.3 is 12.0 Å². The Balaban J connectivity index is 2.28. The lowest BCUT2D eigenvalue weighted by atomic mass is 10.3. The first kappa shape index (κ1) is 14.9. The van der Waals surface area contributed by atoms with Crippen LogP contribution in [0, 0.1) is 6.92 Å². The second-order valence-corrected chi connectivity index (χ2v) is 3.73. The number of carboxylic acids is 1. The van der Waals surface area contributed by atoms with Crippen LogP contribution in [0.4, 0.5) is 4.79 Å². The maximum Gasteiger partial charge on any atom is 0.328 e. The molecule has 1 atom stereocenters. The van der Waals surface area contributed by atoms with Crippen molar-refractivity contribution in [1.29, 1.82) is 0 Å². The maximum atomic E-state index is 11.4. The summed E-state index contributed by atoms with van der Waals surface area (Å²) in [6.07, 6.45) is 0.396. The number of carbonyl (C=O) groups is 2. The molecule has 0 bridgehead atoms. The van der Waals surface area contributed by atoms with E-state index in [0.717, 1.165) is 0 Å². The molecule has 9 heteroatoms. The summed E-state index contributed by atoms with van der Waals surface area (Å²) in [7, 11) is 1.36. The van der Waals surface area contributed by atoms with E-state index in [0.29, 0.717) is 18.1 Å². The molecule has 1 aromatic heterocycles. The van der Waals surface area contributed by atoms with E-state index in [1.54, 1.807) is 6.92 Å². The molecular formula is C10H16N4O5. The number of carbonyl (C=O) groups excluding carboxylic acids is 1. The number of aromatic nitrogens is 2. The van der Waals surface area contributed by atoms with Crippen LogP contribution >= 0.6 is 0 Å². The molecule has 0 saturated heterocycles. The van der Waals surface area contributed by atoms with Gasteiger partial charge in [-0.05, 0) is 0 Å². The molecule has 1 aromatic rings. The van der Waals surface area contributed by atoms with Gasteiger partial charge in [-0.15, -0.1) is 0 Å². The molecule has 0 spiro atoms. The first-order chi connectivity index (χ1) is 9.02. The van der Waals surface area contributed by atoms with Gasteiger partial charge in [0.05, 0.1) is 6.61 Å². The second kappa shape index (κ2) is 7.31. The zero-order valence-electron chi connectivity index (χ0n) is 10.7. The molecule has 1 unspecified atom stereocenters. The molecule has 0 aliphatic carbocycles. The molecule has 2 amide bonds. The zero-order valence-corrected chi connectivity index (χ0v) is 10.7. The van der Waals surface area contributed by atoms with E-state index in [-0.39, 0.29) is 13.2 Å². The fraction of sp³-hybridized carbons (Fsp3) is 0.600. The van der Waals surface area contributed by atoms with E-state index in [2.05, 4.69) is 25.5 Å². The molecule has 9 nitrogen and oxygen atoms in total. The van der Waals surface area contributed by atoms with Crippen molar-refractivity contribution >= 4 is 12.0 Å². The Morgan fingerprint density at radius 2 is 2.26 bits per heavy atom. The number of hydrogen-bond donors (Lipinski definition) is 3. The number of carboxylic acid groups (broad SMARTS) is 1. The Labute approximate surface area is 109 Å². The number of rotatable bonds is 7. The van der Waals surface area contributed by atoms with Crippen LogP contribution in [0.25, 0.3) is 0 Å². The zero-order chi connectivity index (χ0) is 14.3. The van der Waals surface area contributed by atoms with Crippen LogP contribution < -0.4 is 10.6 Å². The molecular weight excluding hydrogens is 256 g/mol. The Kier molecular flexibility index (Phi) is 5.73. The van der Waals surface area contributed by atoms with Crippen LogP contribution in [0.3, 0.4) is 0 Å². The molecule has 3 N–H and O–H groups in total. The second-order valence-electron chi connectivity index (χ2n) is 3.73. The number of urea groups is 1. The molecule has 106 valence electrons. The van der Waals surface area contributed by atoms with Crippen LogP contribution in [-0.4, -0.2) is 53.6 Å². The highest BCUT2D eigenvalue weighted by Crippen LogP contribution is 1.94. The predicted octanol–water partition coefficient (Wildman–Crippen LogP) is -0.681. The monoisotopic (exact) mass is 272 g/mol. The molecule has 0 aliphatic rings. The summed E-state index contributed by atoms with van der Waals surface area (Å²) in [4.78, 5) is 26.2. The third-order valence-corrected chi connectivity index (χ3v) is 2.14. The van der Waals surface area contributed by atoms with Crippen molar-refractivity contribution in [3.8, 4) is 0 Å². The average molecular weight is 272 g/mol. The summed E-state index contributed by atoms with van der Waals surface area (Å²) >= 11 is 0. The van der Waals surface area contributed by atoms with Crippen LogP contribution in [0.2, 0.25) is 0 Å². The highest BCUT2D eigenvalue weighted by molar-refractivity contribution is 5.82. The normalized spacial score (nSPS) is 11.9. The van der Waals surface area contributed by atoms with Gasteiger partial charge in [0.1, 0.15) is 0 Å². The van der Waals surface area contributed by atoms with Crippen molar-refractivity contribution in [2.24, 2.45) is 0 Å². The fourth-order valence-corrected chi connectivity index (χ4v) is 1.28. The Morgan fingerprint density at radius 3 is 2.79 bits per heavy atom. The summed E-state index contributed by atoms with van der Waals surface area (Å²) in [5, 5.41) is 17.2. The lowest BCUT2D eigenvalue weighted by Gasteiger charge is -2.13. The van der Waals surface area contributed by atoms with Crippen LogP contribution in [0.1, 0.15) is 11.7 Å². The van der Waals surface area contributed by atoms with Crippen LogP contribution in [-0.2, 0) is 16.0 Å². The van der Waals surface area contributed by atoms with Gasteiger partial charge in [0, 0.05) is 27.0 Å². The van der Waals surface area contributed by atoms with E-state index in [1.807, 2.05) is 0 Å². The van der Waals surface area contributed by atoms with E-state index < -0.39 is 18.0 Å². The third-order valence-electron chi connectivity index (χ3n) is 2.14. The fourth-order valence-electron chi connectivity index (χ4n) is 1.28. The molecule has 0 saturated carbocycles. The molecule has 1 heterocycles. The summed E-state index contributed by atoms with van der Waals surface area (Å²) in [6, 6.07) is -1.68. The van der Waals surface area contributed by atoms with Gasteiger partial charge in [-0.2, -0.15) is 4.98 Å². The maximum absolute atomic E-state index is 11.4. The van der Waals surface area contributed by atoms with Gasteiger partial charge in [-0.3, -0.25) is 0 Å². The smallest absolute Gasteiger partial charge is 0.328 e. The molecule has 0 radical (unpaired) electrons. The summed E-state index contributed by atoms with van der Waals surface area (Å²) < 4.78 is 9.45.